The molecule has 0 unspecified atom stereocenters. The third-order valence-electron chi connectivity index (χ3n) is 2.47. The first-order valence-electron chi connectivity index (χ1n) is 6.19. The lowest BCUT2D eigenvalue weighted by Gasteiger charge is -2.11. The lowest BCUT2D eigenvalue weighted by Crippen LogP contribution is -2.14. The van der Waals surface area contributed by atoms with Gasteiger partial charge in [0, 0.05) is 12.2 Å². The van der Waals surface area contributed by atoms with Gasteiger partial charge < -0.3 is 11.1 Å². The molecule has 1 aromatic rings. The summed E-state index contributed by atoms with van der Waals surface area (Å²) in [6.45, 7) is 2.05. The highest BCUT2D eigenvalue weighted by Gasteiger charge is 2.30. The van der Waals surface area contributed by atoms with E-state index >= 15 is 0 Å². The van der Waals surface area contributed by atoms with Crippen molar-refractivity contribution in [1.29, 1.82) is 0 Å². The van der Waals surface area contributed by atoms with Crippen LogP contribution in [0.25, 0.3) is 0 Å². The first kappa shape index (κ1) is 16.7. The summed E-state index contributed by atoms with van der Waals surface area (Å²) in [7, 11) is 0. The van der Waals surface area contributed by atoms with E-state index in [4.69, 9.17) is 5.73 Å². The van der Waals surface area contributed by atoms with Gasteiger partial charge in [0.1, 0.15) is 0 Å². The largest absolute Gasteiger partial charge is 0.416 e. The van der Waals surface area contributed by atoms with Crippen LogP contribution in [0.5, 0.6) is 0 Å². The van der Waals surface area contributed by atoms with Crippen molar-refractivity contribution in [3.63, 3.8) is 0 Å². The molecule has 0 spiro atoms. The third kappa shape index (κ3) is 5.32. The molecule has 0 aliphatic heterocycles. The normalized spacial score (nSPS) is 11.4. The monoisotopic (exact) mass is 306 g/mol. The molecular formula is C13H17F3N2OS. The molecule has 0 radical (unpaired) electrons. The van der Waals surface area contributed by atoms with E-state index in [1.807, 2.05) is 0 Å². The van der Waals surface area contributed by atoms with Crippen molar-refractivity contribution >= 4 is 29.0 Å². The smallest absolute Gasteiger partial charge is 0.397 e. The van der Waals surface area contributed by atoms with E-state index in [-0.39, 0.29) is 17.3 Å². The topological polar surface area (TPSA) is 55.1 Å². The van der Waals surface area contributed by atoms with Crippen molar-refractivity contribution in [3.05, 3.63) is 23.8 Å². The van der Waals surface area contributed by atoms with Gasteiger partial charge >= 0.3 is 6.18 Å². The number of nitrogens with one attached hydrogen (secondary N) is 1. The van der Waals surface area contributed by atoms with Crippen LogP contribution >= 0.6 is 11.8 Å². The number of thioether (sulfide) groups is 1. The average Bonchev–Trinajstić information content (AvgIpc) is 2.36. The minimum absolute atomic E-state index is 0.0885. The van der Waals surface area contributed by atoms with Gasteiger partial charge in [-0.05, 0) is 30.4 Å². The number of halogens is 3. The molecule has 0 bridgehead atoms. The maximum atomic E-state index is 12.5. The quantitative estimate of drug-likeness (QED) is 0.621. The van der Waals surface area contributed by atoms with Gasteiger partial charge in [-0.3, -0.25) is 4.79 Å². The van der Waals surface area contributed by atoms with Crippen LogP contribution in [0.1, 0.15) is 25.3 Å². The molecule has 7 heteroatoms. The number of anilines is 2. The van der Waals surface area contributed by atoms with E-state index in [0.717, 1.165) is 24.3 Å². The number of alkyl halides is 3. The van der Waals surface area contributed by atoms with Crippen LogP contribution in [0.3, 0.4) is 0 Å². The minimum Gasteiger partial charge on any atom is -0.397 e. The number of benzene rings is 1. The molecular weight excluding hydrogens is 289 g/mol. The molecule has 0 atom stereocenters. The first-order chi connectivity index (χ1) is 9.34. The summed E-state index contributed by atoms with van der Waals surface area (Å²) < 4.78 is 37.4. The molecule has 0 aliphatic rings. The fraction of sp³-hybridized carbons (Fsp3) is 0.462. The number of hydrogen-bond acceptors (Lipinski definition) is 3. The molecule has 1 rings (SSSR count). The van der Waals surface area contributed by atoms with Gasteiger partial charge in [-0.25, -0.2) is 0 Å². The van der Waals surface area contributed by atoms with Crippen molar-refractivity contribution in [1.82, 2.24) is 0 Å². The molecule has 0 saturated carbocycles. The highest BCUT2D eigenvalue weighted by molar-refractivity contribution is 7.99. The number of nitrogens with two attached hydrogens (primary N) is 1. The Morgan fingerprint density at radius 3 is 2.60 bits per heavy atom. The van der Waals surface area contributed by atoms with E-state index in [2.05, 4.69) is 12.2 Å². The fourth-order valence-corrected chi connectivity index (χ4v) is 2.30. The Morgan fingerprint density at radius 2 is 2.05 bits per heavy atom. The lowest BCUT2D eigenvalue weighted by molar-refractivity contribution is -0.137. The van der Waals surface area contributed by atoms with Gasteiger partial charge in [0.05, 0.1) is 16.9 Å². The van der Waals surface area contributed by atoms with Crippen LogP contribution in [0, 0.1) is 0 Å². The van der Waals surface area contributed by atoms with E-state index in [1.54, 1.807) is 11.8 Å². The second-order valence-corrected chi connectivity index (χ2v) is 5.44. The summed E-state index contributed by atoms with van der Waals surface area (Å²) in [6.07, 6.45) is -3.09. The second-order valence-electron chi connectivity index (χ2n) is 4.21. The van der Waals surface area contributed by atoms with E-state index < -0.39 is 11.7 Å². The van der Waals surface area contributed by atoms with Crippen LogP contribution < -0.4 is 11.1 Å². The number of rotatable bonds is 6. The highest BCUT2D eigenvalue weighted by atomic mass is 32.2. The molecule has 0 aromatic heterocycles. The van der Waals surface area contributed by atoms with Crippen molar-refractivity contribution in [2.24, 2.45) is 0 Å². The summed E-state index contributed by atoms with van der Waals surface area (Å²) in [6, 6.07) is 2.90. The average molecular weight is 306 g/mol. The molecule has 0 saturated heterocycles. The summed E-state index contributed by atoms with van der Waals surface area (Å²) in [5.74, 6) is 1.41. The zero-order valence-corrected chi connectivity index (χ0v) is 11.9. The van der Waals surface area contributed by atoms with Crippen molar-refractivity contribution in [2.75, 3.05) is 22.6 Å². The Kier molecular flexibility index (Phi) is 6.19. The zero-order chi connectivity index (χ0) is 15.2. The molecule has 3 N–H and O–H groups in total. The lowest BCUT2D eigenvalue weighted by atomic mass is 10.1. The molecule has 0 heterocycles. The van der Waals surface area contributed by atoms with E-state index in [0.29, 0.717) is 12.2 Å². The summed E-state index contributed by atoms with van der Waals surface area (Å²) in [4.78, 5) is 11.6. The van der Waals surface area contributed by atoms with Crippen LogP contribution in [0.15, 0.2) is 18.2 Å². The summed E-state index contributed by atoms with van der Waals surface area (Å²) in [5, 5.41) is 2.52. The SMILES string of the molecule is CCCSCCC(=O)Nc1ccc(C(F)(F)F)cc1N. The Hall–Kier alpha value is -1.37. The molecule has 3 nitrogen and oxygen atoms in total. The molecule has 0 fully saturated rings. The number of amides is 1. The van der Waals surface area contributed by atoms with Crippen LogP contribution in [-0.4, -0.2) is 17.4 Å². The van der Waals surface area contributed by atoms with Crippen LogP contribution in [-0.2, 0) is 11.0 Å². The Bertz CT molecular complexity index is 463. The van der Waals surface area contributed by atoms with Crippen LogP contribution in [0.2, 0.25) is 0 Å². The van der Waals surface area contributed by atoms with Crippen LogP contribution in [0.4, 0.5) is 24.5 Å². The van der Waals surface area contributed by atoms with Gasteiger partial charge in [0.15, 0.2) is 0 Å². The standard InChI is InChI=1S/C13H17F3N2OS/c1-2-6-20-7-5-12(19)18-11-4-3-9(8-10(11)17)13(14,15)16/h3-4,8H,2,5-7,17H2,1H3,(H,18,19). The number of carbonyl (C=O) groups excluding carboxylic acids is 1. The van der Waals surface area contributed by atoms with Crippen molar-refractivity contribution in [3.8, 4) is 0 Å². The van der Waals surface area contributed by atoms with Crippen molar-refractivity contribution < 1.29 is 18.0 Å². The second kappa shape index (κ2) is 7.42. The zero-order valence-electron chi connectivity index (χ0n) is 11.1. The van der Waals surface area contributed by atoms with Crippen molar-refractivity contribution in [2.45, 2.75) is 25.9 Å². The molecule has 1 aromatic carbocycles. The summed E-state index contributed by atoms with van der Waals surface area (Å²) in [5.41, 5.74) is 4.82. The van der Waals surface area contributed by atoms with Gasteiger partial charge in [0.2, 0.25) is 5.91 Å². The molecule has 20 heavy (non-hydrogen) atoms. The molecule has 112 valence electrons. The van der Waals surface area contributed by atoms with E-state index in [1.165, 1.54) is 6.07 Å². The molecule has 0 aliphatic carbocycles. The maximum absolute atomic E-state index is 12.5. The maximum Gasteiger partial charge on any atom is 0.416 e. The Labute approximate surface area is 120 Å². The van der Waals surface area contributed by atoms with Gasteiger partial charge in [0.25, 0.3) is 0 Å². The van der Waals surface area contributed by atoms with E-state index in [9.17, 15) is 18.0 Å². The third-order valence-corrected chi connectivity index (χ3v) is 3.66. The fourth-order valence-electron chi connectivity index (χ4n) is 1.48. The molecule has 1 amide bonds. The highest BCUT2D eigenvalue weighted by Crippen LogP contribution is 2.32. The number of nitrogen functional groups attached to an aromatic ring is 1. The first-order valence-corrected chi connectivity index (χ1v) is 7.34. The predicted molar refractivity (Wildman–Crippen MR) is 76.7 cm³/mol. The minimum atomic E-state index is -4.44. The van der Waals surface area contributed by atoms with Gasteiger partial charge in [-0.1, -0.05) is 6.92 Å². The Balaban J connectivity index is 2.58. The predicted octanol–water partition coefficient (Wildman–Crippen LogP) is 3.76. The number of carbonyl (C=O) groups is 1. The number of hydrogen-bond donors (Lipinski definition) is 2. The summed E-state index contributed by atoms with van der Waals surface area (Å²) >= 11 is 1.66. The Morgan fingerprint density at radius 1 is 1.35 bits per heavy atom. The van der Waals surface area contributed by atoms with Gasteiger partial charge in [-0.2, -0.15) is 24.9 Å². The van der Waals surface area contributed by atoms with Gasteiger partial charge in [-0.15, -0.1) is 0 Å².